The lowest BCUT2D eigenvalue weighted by molar-refractivity contribution is 0.136. The minimum atomic E-state index is -2.02. The SMILES string of the molecule is CC(C)c1nccc(CCO[Si](C)(C)C(C)(C)C)c1-n1c(=O)nc(N2CCN(C(=O)O)C[C@@H]2C)c2cc(F)c(Cl)nc21. The Morgan fingerprint density at radius 1 is 1.26 bits per heavy atom. The molecule has 0 unspecified atom stereocenters. The van der Waals surface area contributed by atoms with E-state index in [-0.39, 0.29) is 53.3 Å². The van der Waals surface area contributed by atoms with Gasteiger partial charge in [-0.25, -0.2) is 23.5 Å². The molecule has 1 N–H and O–H groups in total. The minimum absolute atomic E-state index is 0.0435. The summed E-state index contributed by atoms with van der Waals surface area (Å²) in [5, 5.41) is 9.43. The van der Waals surface area contributed by atoms with Crippen LogP contribution in [-0.2, 0) is 10.8 Å². The standard InChI is InChI=1S/C29H40ClFN6O4Si/c1-17(2)22-23(19(9-11-32-22)10-14-41-42(7,8)29(4,5)6)37-26-20(15-21(31)24(30)33-26)25(34-27(37)38)36-13-12-35(28(39)40)16-18(36)3/h9,11,15,17-18H,10,12-14,16H2,1-8H3,(H,39,40)/t18-/m0/s1. The molecule has 0 bridgehead atoms. The Hall–Kier alpha value is -3.09. The van der Waals surface area contributed by atoms with Crippen LogP contribution in [0.5, 0.6) is 0 Å². The van der Waals surface area contributed by atoms with Gasteiger partial charge in [0.2, 0.25) is 0 Å². The molecule has 0 aromatic carbocycles. The van der Waals surface area contributed by atoms with Crippen LogP contribution in [0.15, 0.2) is 23.1 Å². The van der Waals surface area contributed by atoms with Gasteiger partial charge in [0.05, 0.1) is 16.8 Å². The summed E-state index contributed by atoms with van der Waals surface area (Å²) in [4.78, 5) is 42.1. The van der Waals surface area contributed by atoms with E-state index < -0.39 is 25.9 Å². The Balaban J connectivity index is 1.89. The quantitative estimate of drug-likeness (QED) is 0.259. The van der Waals surface area contributed by atoms with Crippen molar-refractivity contribution in [2.75, 3.05) is 31.1 Å². The number of rotatable bonds is 7. The van der Waals surface area contributed by atoms with Crippen LogP contribution in [0.4, 0.5) is 15.0 Å². The Morgan fingerprint density at radius 2 is 1.95 bits per heavy atom. The Morgan fingerprint density at radius 3 is 2.55 bits per heavy atom. The first-order valence-electron chi connectivity index (χ1n) is 14.2. The predicted molar refractivity (Wildman–Crippen MR) is 165 cm³/mol. The van der Waals surface area contributed by atoms with E-state index in [1.807, 2.05) is 31.7 Å². The maximum atomic E-state index is 14.9. The highest BCUT2D eigenvalue weighted by molar-refractivity contribution is 6.74. The number of carboxylic acid groups (broad SMARTS) is 1. The lowest BCUT2D eigenvalue weighted by atomic mass is 10.0. The molecule has 228 valence electrons. The zero-order valence-electron chi connectivity index (χ0n) is 25.5. The summed E-state index contributed by atoms with van der Waals surface area (Å²) in [5.74, 6) is -0.555. The average molecular weight is 619 g/mol. The third-order valence-corrected chi connectivity index (χ3v) is 13.2. The normalized spacial score (nSPS) is 16.5. The molecule has 1 saturated heterocycles. The maximum Gasteiger partial charge on any atom is 0.407 e. The summed E-state index contributed by atoms with van der Waals surface area (Å²) < 4.78 is 22.8. The molecule has 0 aliphatic carbocycles. The molecule has 3 aromatic rings. The van der Waals surface area contributed by atoms with E-state index in [0.29, 0.717) is 29.8 Å². The van der Waals surface area contributed by atoms with E-state index >= 15 is 0 Å². The second-order valence-electron chi connectivity index (χ2n) is 12.7. The molecular formula is C29H40ClFN6O4Si. The number of aromatic nitrogens is 4. The Bertz CT molecular complexity index is 1560. The lowest BCUT2D eigenvalue weighted by Gasteiger charge is -2.39. The fourth-order valence-electron chi connectivity index (χ4n) is 4.98. The third-order valence-electron chi connectivity index (χ3n) is 8.38. The van der Waals surface area contributed by atoms with Crippen molar-refractivity contribution in [3.05, 3.63) is 51.0 Å². The molecular weight excluding hydrogens is 579 g/mol. The van der Waals surface area contributed by atoms with Crippen molar-refractivity contribution < 1.29 is 18.7 Å². The van der Waals surface area contributed by atoms with Gasteiger partial charge in [-0.1, -0.05) is 46.2 Å². The van der Waals surface area contributed by atoms with E-state index in [1.54, 1.807) is 6.20 Å². The van der Waals surface area contributed by atoms with Gasteiger partial charge in [-0.2, -0.15) is 4.98 Å². The van der Waals surface area contributed by atoms with Crippen LogP contribution in [0.25, 0.3) is 16.7 Å². The molecule has 0 saturated carbocycles. The first-order valence-corrected chi connectivity index (χ1v) is 17.5. The Kier molecular flexibility index (Phi) is 9.01. The molecule has 10 nitrogen and oxygen atoms in total. The van der Waals surface area contributed by atoms with Gasteiger partial charge < -0.3 is 19.3 Å². The summed E-state index contributed by atoms with van der Waals surface area (Å²) in [6.45, 7) is 17.9. The summed E-state index contributed by atoms with van der Waals surface area (Å²) in [5.41, 5.74) is 1.59. The van der Waals surface area contributed by atoms with Crippen molar-refractivity contribution in [1.29, 1.82) is 0 Å². The predicted octanol–water partition coefficient (Wildman–Crippen LogP) is 5.84. The zero-order chi connectivity index (χ0) is 31.1. The highest BCUT2D eigenvalue weighted by atomic mass is 35.5. The first kappa shape index (κ1) is 31.8. The van der Waals surface area contributed by atoms with Crippen molar-refractivity contribution in [2.24, 2.45) is 0 Å². The van der Waals surface area contributed by atoms with Gasteiger partial charge in [-0.3, -0.25) is 4.98 Å². The van der Waals surface area contributed by atoms with Gasteiger partial charge in [-0.05, 0) is 55.1 Å². The largest absolute Gasteiger partial charge is 0.465 e. The summed E-state index contributed by atoms with van der Waals surface area (Å²) in [6.07, 6.45) is 1.22. The molecule has 3 aromatic heterocycles. The van der Waals surface area contributed by atoms with E-state index in [2.05, 4.69) is 48.8 Å². The van der Waals surface area contributed by atoms with Crippen molar-refractivity contribution in [3.8, 4) is 5.69 Å². The maximum absolute atomic E-state index is 14.9. The number of anilines is 1. The number of halogens is 2. The third kappa shape index (κ3) is 6.16. The molecule has 4 rings (SSSR count). The van der Waals surface area contributed by atoms with E-state index in [1.165, 1.54) is 15.5 Å². The van der Waals surface area contributed by atoms with E-state index in [0.717, 1.165) is 5.56 Å². The fourth-order valence-corrected chi connectivity index (χ4v) is 6.16. The number of carbonyl (C=O) groups is 1. The number of fused-ring (bicyclic) bond motifs is 1. The molecule has 1 amide bonds. The van der Waals surface area contributed by atoms with Crippen LogP contribution in [-0.4, -0.2) is 76.2 Å². The van der Waals surface area contributed by atoms with Crippen molar-refractivity contribution >= 4 is 42.9 Å². The monoisotopic (exact) mass is 618 g/mol. The molecule has 1 atom stereocenters. The summed E-state index contributed by atoms with van der Waals surface area (Å²) in [7, 11) is -2.02. The number of nitrogens with zero attached hydrogens (tertiary/aromatic N) is 6. The molecule has 42 heavy (non-hydrogen) atoms. The van der Waals surface area contributed by atoms with Gasteiger partial charge >= 0.3 is 11.8 Å². The van der Waals surface area contributed by atoms with Crippen molar-refractivity contribution in [2.45, 2.75) is 78.1 Å². The smallest absolute Gasteiger partial charge is 0.407 e. The van der Waals surface area contributed by atoms with E-state index in [4.69, 9.17) is 16.0 Å². The highest BCUT2D eigenvalue weighted by Crippen LogP contribution is 2.37. The van der Waals surface area contributed by atoms with E-state index in [9.17, 15) is 19.1 Å². The molecule has 0 spiro atoms. The molecule has 1 aliphatic rings. The number of amides is 1. The number of pyridine rings is 2. The zero-order valence-corrected chi connectivity index (χ0v) is 27.3. The first-order chi connectivity index (χ1) is 19.5. The lowest BCUT2D eigenvalue weighted by Crippen LogP contribution is -2.54. The summed E-state index contributed by atoms with van der Waals surface area (Å²) >= 11 is 6.20. The van der Waals surface area contributed by atoms with Gasteiger partial charge in [-0.15, -0.1) is 0 Å². The van der Waals surface area contributed by atoms with Crippen LogP contribution in [0.3, 0.4) is 0 Å². The number of hydrogen-bond donors (Lipinski definition) is 1. The van der Waals surface area contributed by atoms with Crippen molar-refractivity contribution in [1.82, 2.24) is 24.4 Å². The topological polar surface area (TPSA) is 114 Å². The summed E-state index contributed by atoms with van der Waals surface area (Å²) in [6, 6.07) is 2.79. The second-order valence-corrected chi connectivity index (χ2v) is 17.8. The fraction of sp³-hybridized carbons (Fsp3) is 0.552. The van der Waals surface area contributed by atoms with Crippen LogP contribution >= 0.6 is 11.6 Å². The molecule has 4 heterocycles. The molecule has 0 radical (unpaired) electrons. The van der Waals surface area contributed by atoms with Crippen LogP contribution in [0.1, 0.15) is 58.7 Å². The highest BCUT2D eigenvalue weighted by Gasteiger charge is 2.37. The van der Waals surface area contributed by atoms with Crippen molar-refractivity contribution in [3.63, 3.8) is 0 Å². The van der Waals surface area contributed by atoms with Crippen LogP contribution in [0.2, 0.25) is 23.3 Å². The number of hydrogen-bond acceptors (Lipinski definition) is 7. The Labute approximate surface area is 251 Å². The molecule has 13 heteroatoms. The average Bonchev–Trinajstić information content (AvgIpc) is 2.89. The number of piperazine rings is 1. The van der Waals surface area contributed by atoms with Crippen LogP contribution in [0, 0.1) is 5.82 Å². The van der Waals surface area contributed by atoms with Gasteiger partial charge in [0.1, 0.15) is 5.82 Å². The van der Waals surface area contributed by atoms with Crippen LogP contribution < -0.4 is 10.6 Å². The molecule has 1 fully saturated rings. The van der Waals surface area contributed by atoms with Gasteiger partial charge in [0.15, 0.2) is 24.9 Å². The minimum Gasteiger partial charge on any atom is -0.465 e. The second kappa shape index (κ2) is 11.9. The molecule has 1 aliphatic heterocycles. The van der Waals surface area contributed by atoms with Gasteiger partial charge in [0.25, 0.3) is 0 Å². The van der Waals surface area contributed by atoms with Gasteiger partial charge in [0, 0.05) is 38.5 Å².